The Bertz CT molecular complexity index is 317. The first-order valence-electron chi connectivity index (χ1n) is 5.18. The zero-order chi connectivity index (χ0) is 13.1. The Morgan fingerprint density at radius 3 is 2.76 bits per heavy atom. The molecule has 0 radical (unpaired) electrons. The van der Waals surface area contributed by atoms with Crippen LogP contribution < -0.4 is 0 Å². The molecular weight excluding hydrogens is 269 g/mol. The average Bonchev–Trinajstić information content (AvgIpc) is 2.70. The summed E-state index contributed by atoms with van der Waals surface area (Å²) in [5, 5.41) is 10.8. The number of amidine groups is 1. The summed E-state index contributed by atoms with van der Waals surface area (Å²) in [6.07, 6.45) is 0.928. The van der Waals surface area contributed by atoms with Crippen LogP contribution >= 0.6 is 23.2 Å². The largest absolute Gasteiger partial charge is 0.427 e. The second-order valence-electron chi connectivity index (χ2n) is 3.96. The summed E-state index contributed by atoms with van der Waals surface area (Å²) in [6.45, 7) is 1.96. The highest BCUT2D eigenvalue weighted by molar-refractivity contribution is 6.57. The molecule has 1 fully saturated rings. The number of aliphatic imine (C=N–C) groups is 1. The number of ether oxygens (including phenoxy) is 1. The Balaban J connectivity index is 2.70. The summed E-state index contributed by atoms with van der Waals surface area (Å²) in [7, 11) is 3.11. The molecule has 1 aliphatic heterocycles. The standard InChI is InChI=1S/C9H15Cl2N3O3/c1-12-8(9(10,11)14(15)16)13(2)5-7-3-4-17-6-7/h7H,3-6H2,1-2H3. The molecule has 0 amide bonds. The van der Waals surface area contributed by atoms with Gasteiger partial charge < -0.3 is 9.64 Å². The molecule has 1 rings (SSSR count). The molecule has 0 aromatic carbocycles. The van der Waals surface area contributed by atoms with Crippen LogP contribution in [0.3, 0.4) is 0 Å². The summed E-state index contributed by atoms with van der Waals surface area (Å²) in [5.41, 5.74) is 0. The molecule has 1 aliphatic rings. The summed E-state index contributed by atoms with van der Waals surface area (Å²) in [6, 6.07) is 0. The lowest BCUT2D eigenvalue weighted by Crippen LogP contribution is -2.46. The molecule has 17 heavy (non-hydrogen) atoms. The third-order valence-electron chi connectivity index (χ3n) is 2.63. The molecule has 0 aromatic rings. The molecule has 0 aromatic heterocycles. The van der Waals surface area contributed by atoms with E-state index in [1.807, 2.05) is 0 Å². The lowest BCUT2D eigenvalue weighted by atomic mass is 10.1. The number of rotatable bonds is 4. The molecule has 0 N–H and O–H groups in total. The molecule has 1 atom stereocenters. The minimum Gasteiger partial charge on any atom is -0.381 e. The predicted octanol–water partition coefficient (Wildman–Crippen LogP) is 1.39. The van der Waals surface area contributed by atoms with Crippen LogP contribution in [0.15, 0.2) is 4.99 Å². The maximum absolute atomic E-state index is 10.8. The Labute approximate surface area is 110 Å². The molecule has 1 saturated heterocycles. The second kappa shape index (κ2) is 5.84. The predicted molar refractivity (Wildman–Crippen MR) is 66.3 cm³/mol. The lowest BCUT2D eigenvalue weighted by Gasteiger charge is -2.26. The Hall–Kier alpha value is -0.590. The van der Waals surface area contributed by atoms with E-state index in [2.05, 4.69) is 4.99 Å². The van der Waals surface area contributed by atoms with Gasteiger partial charge in [0.2, 0.25) is 5.84 Å². The summed E-state index contributed by atoms with van der Waals surface area (Å²) in [5.74, 6) is 0.366. The number of nitro groups is 1. The minimum absolute atomic E-state index is 0.0396. The second-order valence-corrected chi connectivity index (χ2v) is 5.24. The van der Waals surface area contributed by atoms with E-state index in [1.54, 1.807) is 11.9 Å². The van der Waals surface area contributed by atoms with Crippen molar-refractivity contribution in [1.29, 1.82) is 0 Å². The van der Waals surface area contributed by atoms with Gasteiger partial charge in [0, 0.05) is 33.2 Å². The van der Waals surface area contributed by atoms with Crippen molar-refractivity contribution in [2.45, 2.75) is 10.9 Å². The molecule has 1 heterocycles. The number of halogens is 2. The summed E-state index contributed by atoms with van der Waals surface area (Å²) >= 11 is 11.4. The summed E-state index contributed by atoms with van der Waals surface area (Å²) in [4.78, 5) is 15.4. The molecule has 0 bridgehead atoms. The van der Waals surface area contributed by atoms with Crippen molar-refractivity contribution in [2.75, 3.05) is 33.9 Å². The van der Waals surface area contributed by atoms with Gasteiger partial charge in [-0.15, -0.1) is 0 Å². The van der Waals surface area contributed by atoms with E-state index in [0.717, 1.165) is 13.0 Å². The van der Waals surface area contributed by atoms with Gasteiger partial charge in [0.05, 0.1) is 11.5 Å². The van der Waals surface area contributed by atoms with Crippen molar-refractivity contribution in [2.24, 2.45) is 10.9 Å². The smallest absolute Gasteiger partial charge is 0.381 e. The van der Waals surface area contributed by atoms with Crippen molar-refractivity contribution < 1.29 is 9.66 Å². The third kappa shape index (κ3) is 3.43. The fourth-order valence-corrected chi connectivity index (χ4v) is 2.28. The fraction of sp³-hybridized carbons (Fsp3) is 0.889. The van der Waals surface area contributed by atoms with Gasteiger partial charge in [-0.3, -0.25) is 15.1 Å². The van der Waals surface area contributed by atoms with Crippen LogP contribution in [0.1, 0.15) is 6.42 Å². The maximum atomic E-state index is 10.8. The van der Waals surface area contributed by atoms with Crippen molar-refractivity contribution >= 4 is 29.0 Å². The lowest BCUT2D eigenvalue weighted by molar-refractivity contribution is -0.497. The van der Waals surface area contributed by atoms with E-state index in [0.29, 0.717) is 19.1 Å². The first-order chi connectivity index (χ1) is 7.89. The zero-order valence-corrected chi connectivity index (χ0v) is 11.2. The third-order valence-corrected chi connectivity index (χ3v) is 3.24. The molecule has 6 nitrogen and oxygen atoms in total. The molecule has 0 spiro atoms. The Kier molecular flexibility index (Phi) is 4.97. The van der Waals surface area contributed by atoms with Crippen LogP contribution in [0.2, 0.25) is 0 Å². The highest BCUT2D eigenvalue weighted by atomic mass is 35.5. The van der Waals surface area contributed by atoms with Gasteiger partial charge in [0.15, 0.2) is 0 Å². The number of likely N-dealkylation sites (N-methyl/N-ethyl adjacent to an activating group) is 1. The van der Waals surface area contributed by atoms with E-state index in [9.17, 15) is 10.1 Å². The van der Waals surface area contributed by atoms with Crippen molar-refractivity contribution in [3.05, 3.63) is 10.1 Å². The number of hydrogen-bond donors (Lipinski definition) is 0. The van der Waals surface area contributed by atoms with Gasteiger partial charge in [-0.2, -0.15) is 0 Å². The molecule has 8 heteroatoms. The number of nitrogens with zero attached hydrogens (tertiary/aromatic N) is 3. The molecule has 98 valence electrons. The molecule has 0 saturated carbocycles. The Morgan fingerprint density at radius 1 is 1.71 bits per heavy atom. The molecule has 1 unspecified atom stereocenters. The van der Waals surface area contributed by atoms with Crippen LogP contribution in [-0.4, -0.2) is 54.0 Å². The van der Waals surface area contributed by atoms with Gasteiger partial charge >= 0.3 is 4.46 Å². The van der Waals surface area contributed by atoms with Crippen LogP contribution in [0.4, 0.5) is 0 Å². The van der Waals surface area contributed by atoms with Gasteiger partial charge in [-0.1, -0.05) is 0 Å². The van der Waals surface area contributed by atoms with Crippen LogP contribution in [0.25, 0.3) is 0 Å². The van der Waals surface area contributed by atoms with Crippen LogP contribution in [0.5, 0.6) is 0 Å². The highest BCUT2D eigenvalue weighted by Gasteiger charge is 2.46. The molecular formula is C9H15Cl2N3O3. The van der Waals surface area contributed by atoms with Gasteiger partial charge in [0.25, 0.3) is 0 Å². The first kappa shape index (κ1) is 14.5. The topological polar surface area (TPSA) is 68.0 Å². The van der Waals surface area contributed by atoms with Crippen LogP contribution in [-0.2, 0) is 4.74 Å². The van der Waals surface area contributed by atoms with E-state index < -0.39 is 9.38 Å². The SMILES string of the molecule is CN=C(N(C)CC1CCOC1)C(Cl)(Cl)[N+](=O)[O-]. The van der Waals surface area contributed by atoms with E-state index in [4.69, 9.17) is 27.9 Å². The van der Waals surface area contributed by atoms with Crippen molar-refractivity contribution in [1.82, 2.24) is 4.90 Å². The van der Waals surface area contributed by atoms with E-state index >= 15 is 0 Å². The number of hydrogen-bond acceptors (Lipinski definition) is 4. The quantitative estimate of drug-likeness (QED) is 0.195. The minimum atomic E-state index is -2.21. The fourth-order valence-electron chi connectivity index (χ4n) is 1.82. The number of alkyl halides is 2. The van der Waals surface area contributed by atoms with Gasteiger partial charge in [-0.25, -0.2) is 0 Å². The van der Waals surface area contributed by atoms with Gasteiger partial charge in [-0.05, 0) is 29.6 Å². The molecule has 0 aliphatic carbocycles. The first-order valence-corrected chi connectivity index (χ1v) is 5.93. The highest BCUT2D eigenvalue weighted by Crippen LogP contribution is 2.26. The van der Waals surface area contributed by atoms with E-state index in [-0.39, 0.29) is 5.84 Å². The zero-order valence-electron chi connectivity index (χ0n) is 9.73. The van der Waals surface area contributed by atoms with Crippen molar-refractivity contribution in [3.63, 3.8) is 0 Å². The normalized spacial score (nSPS) is 21.6. The summed E-state index contributed by atoms with van der Waals surface area (Å²) < 4.78 is 3.03. The van der Waals surface area contributed by atoms with Gasteiger partial charge in [0.1, 0.15) is 0 Å². The Morgan fingerprint density at radius 2 is 2.35 bits per heavy atom. The average molecular weight is 284 g/mol. The maximum Gasteiger partial charge on any atom is 0.427 e. The van der Waals surface area contributed by atoms with Crippen LogP contribution in [0, 0.1) is 16.0 Å². The monoisotopic (exact) mass is 283 g/mol. The van der Waals surface area contributed by atoms with E-state index in [1.165, 1.54) is 7.05 Å². The van der Waals surface area contributed by atoms with Crippen molar-refractivity contribution in [3.8, 4) is 0 Å².